The normalized spacial score (nSPS) is 16.7. The van der Waals surface area contributed by atoms with Crippen LogP contribution in [0.4, 0.5) is 0 Å². The van der Waals surface area contributed by atoms with E-state index >= 15 is 0 Å². The first kappa shape index (κ1) is 26.1. The van der Waals surface area contributed by atoms with E-state index in [2.05, 4.69) is 25.8 Å². The van der Waals surface area contributed by atoms with Crippen molar-refractivity contribution in [2.24, 2.45) is 4.99 Å². The fourth-order valence-electron chi connectivity index (χ4n) is 3.05. The summed E-state index contributed by atoms with van der Waals surface area (Å²) in [6.07, 6.45) is 2.78. The molecule has 11 heteroatoms. The molecule has 0 aliphatic carbocycles. The highest BCUT2D eigenvalue weighted by atomic mass is 127. The van der Waals surface area contributed by atoms with Gasteiger partial charge in [-0.05, 0) is 26.2 Å². The van der Waals surface area contributed by atoms with Gasteiger partial charge in [-0.2, -0.15) is 4.98 Å². The summed E-state index contributed by atoms with van der Waals surface area (Å²) < 4.78 is 31.2. The summed E-state index contributed by atoms with van der Waals surface area (Å²) in [5.74, 6) is 2.52. The fraction of sp³-hybridized carbons (Fsp3) is 0.833. The summed E-state index contributed by atoms with van der Waals surface area (Å²) in [4.78, 5) is 8.95. The van der Waals surface area contributed by atoms with Crippen molar-refractivity contribution in [3.63, 3.8) is 0 Å². The van der Waals surface area contributed by atoms with Gasteiger partial charge in [0.25, 0.3) is 0 Å². The van der Waals surface area contributed by atoms with Gasteiger partial charge in [-0.3, -0.25) is 4.99 Å². The van der Waals surface area contributed by atoms with Crippen molar-refractivity contribution in [3.05, 3.63) is 11.7 Å². The maximum Gasteiger partial charge on any atom is 0.228 e. The molecule has 0 atom stereocenters. The van der Waals surface area contributed by atoms with Crippen LogP contribution >= 0.6 is 24.0 Å². The fourth-order valence-corrected chi connectivity index (χ4v) is 4.59. The monoisotopic (exact) mass is 542 g/mol. The van der Waals surface area contributed by atoms with Gasteiger partial charge in [0.05, 0.1) is 12.3 Å². The van der Waals surface area contributed by atoms with E-state index in [1.807, 2.05) is 27.7 Å². The molecular formula is C18H35IN6O3S. The number of halogens is 1. The smallest absolute Gasteiger partial charge is 0.228 e. The van der Waals surface area contributed by atoms with Crippen LogP contribution in [0.1, 0.15) is 64.6 Å². The van der Waals surface area contributed by atoms with Crippen LogP contribution in [0.25, 0.3) is 0 Å². The number of aliphatic imine (C=N–C) groups is 1. The lowest BCUT2D eigenvalue weighted by Crippen LogP contribution is -2.50. The van der Waals surface area contributed by atoms with Crippen molar-refractivity contribution in [1.29, 1.82) is 0 Å². The molecule has 1 fully saturated rings. The Morgan fingerprint density at radius 3 is 2.55 bits per heavy atom. The number of rotatable bonds is 9. The molecule has 0 radical (unpaired) electrons. The lowest BCUT2D eigenvalue weighted by Gasteiger charge is -2.32. The molecule has 0 unspecified atom stereocenters. The maximum atomic E-state index is 12.2. The van der Waals surface area contributed by atoms with Crippen LogP contribution < -0.4 is 10.6 Å². The van der Waals surface area contributed by atoms with Gasteiger partial charge in [-0.25, -0.2) is 12.7 Å². The average molecular weight is 542 g/mol. The van der Waals surface area contributed by atoms with E-state index in [1.54, 1.807) is 4.31 Å². The topological polar surface area (TPSA) is 113 Å². The van der Waals surface area contributed by atoms with Gasteiger partial charge in [0.2, 0.25) is 15.9 Å². The molecule has 1 saturated heterocycles. The summed E-state index contributed by atoms with van der Waals surface area (Å²) >= 11 is 0. The number of guanidine groups is 1. The van der Waals surface area contributed by atoms with Gasteiger partial charge >= 0.3 is 0 Å². The second-order valence-electron chi connectivity index (χ2n) is 7.35. The molecule has 2 rings (SSSR count). The third-order valence-corrected chi connectivity index (χ3v) is 6.67. The molecule has 29 heavy (non-hydrogen) atoms. The number of sulfonamides is 1. The number of aromatic nitrogens is 2. The SMILES string of the molecule is CCCS(=O)(=O)N1CCC(NC(=NCCc2nc(C(C)C)no2)NCC)CC1.I. The molecule has 0 bridgehead atoms. The van der Waals surface area contributed by atoms with Gasteiger partial charge in [0.15, 0.2) is 11.8 Å². The molecule has 1 aromatic rings. The quantitative estimate of drug-likeness (QED) is 0.279. The minimum atomic E-state index is -3.11. The molecule has 1 aliphatic heterocycles. The minimum Gasteiger partial charge on any atom is -0.357 e. The Labute approximate surface area is 191 Å². The number of hydrogen-bond donors (Lipinski definition) is 2. The van der Waals surface area contributed by atoms with Crippen LogP contribution in [0.3, 0.4) is 0 Å². The van der Waals surface area contributed by atoms with Crippen molar-refractivity contribution < 1.29 is 12.9 Å². The van der Waals surface area contributed by atoms with Gasteiger partial charge < -0.3 is 15.2 Å². The van der Waals surface area contributed by atoms with Crippen molar-refractivity contribution in [1.82, 2.24) is 25.1 Å². The first-order valence-corrected chi connectivity index (χ1v) is 11.8. The zero-order valence-electron chi connectivity index (χ0n) is 17.8. The van der Waals surface area contributed by atoms with E-state index in [-0.39, 0.29) is 41.7 Å². The van der Waals surface area contributed by atoms with Crippen LogP contribution in [0.2, 0.25) is 0 Å². The molecular weight excluding hydrogens is 507 g/mol. The molecule has 168 valence electrons. The van der Waals surface area contributed by atoms with Crippen molar-refractivity contribution in [3.8, 4) is 0 Å². The minimum absolute atomic E-state index is 0. The number of piperidine rings is 1. The zero-order chi connectivity index (χ0) is 20.6. The van der Waals surface area contributed by atoms with Gasteiger partial charge in [-0.1, -0.05) is 25.9 Å². The second-order valence-corrected chi connectivity index (χ2v) is 9.43. The highest BCUT2D eigenvalue weighted by Gasteiger charge is 2.27. The largest absolute Gasteiger partial charge is 0.357 e. The van der Waals surface area contributed by atoms with E-state index in [4.69, 9.17) is 4.52 Å². The van der Waals surface area contributed by atoms with Crippen molar-refractivity contribution >= 4 is 40.0 Å². The number of hydrogen-bond acceptors (Lipinski definition) is 6. The van der Waals surface area contributed by atoms with E-state index in [0.717, 1.165) is 25.3 Å². The summed E-state index contributed by atoms with van der Waals surface area (Å²) in [6, 6.07) is 0.210. The molecule has 9 nitrogen and oxygen atoms in total. The highest BCUT2D eigenvalue weighted by molar-refractivity contribution is 14.0. The van der Waals surface area contributed by atoms with E-state index in [9.17, 15) is 8.42 Å². The lowest BCUT2D eigenvalue weighted by molar-refractivity contribution is 0.306. The van der Waals surface area contributed by atoms with Crippen LogP contribution in [0.5, 0.6) is 0 Å². The number of nitrogens with zero attached hydrogens (tertiary/aromatic N) is 4. The van der Waals surface area contributed by atoms with Gasteiger partial charge in [0.1, 0.15) is 0 Å². The lowest BCUT2D eigenvalue weighted by atomic mass is 10.1. The van der Waals surface area contributed by atoms with Gasteiger partial charge in [0, 0.05) is 38.0 Å². The molecule has 2 N–H and O–H groups in total. The third-order valence-electron chi connectivity index (χ3n) is 4.59. The van der Waals surface area contributed by atoms with Crippen molar-refractivity contribution in [2.45, 2.75) is 65.3 Å². The first-order valence-electron chi connectivity index (χ1n) is 10.2. The van der Waals surface area contributed by atoms with Crippen LogP contribution in [0.15, 0.2) is 9.52 Å². The highest BCUT2D eigenvalue weighted by Crippen LogP contribution is 2.15. The summed E-state index contributed by atoms with van der Waals surface area (Å²) in [5.41, 5.74) is 0. The molecule has 1 aliphatic rings. The average Bonchev–Trinajstić information content (AvgIpc) is 3.11. The molecule has 0 saturated carbocycles. The van der Waals surface area contributed by atoms with Crippen molar-refractivity contribution in [2.75, 3.05) is 31.9 Å². The maximum absolute atomic E-state index is 12.2. The predicted octanol–water partition coefficient (Wildman–Crippen LogP) is 2.11. The van der Waals surface area contributed by atoms with E-state index in [1.165, 1.54) is 0 Å². The first-order chi connectivity index (χ1) is 13.4. The molecule has 1 aromatic heterocycles. The van der Waals surface area contributed by atoms with Crippen LogP contribution in [0, 0.1) is 0 Å². The molecule has 2 heterocycles. The van der Waals surface area contributed by atoms with E-state index in [0.29, 0.717) is 44.2 Å². The van der Waals surface area contributed by atoms with Gasteiger partial charge in [-0.15, -0.1) is 24.0 Å². The predicted molar refractivity (Wildman–Crippen MR) is 125 cm³/mol. The zero-order valence-corrected chi connectivity index (χ0v) is 21.0. The Morgan fingerprint density at radius 1 is 1.31 bits per heavy atom. The Balaban J connectivity index is 0.00000420. The molecule has 0 spiro atoms. The third kappa shape index (κ3) is 8.36. The molecule has 0 aromatic carbocycles. The summed E-state index contributed by atoms with van der Waals surface area (Å²) in [6.45, 7) is 10.4. The Morgan fingerprint density at radius 2 is 2.00 bits per heavy atom. The number of nitrogens with one attached hydrogen (secondary N) is 2. The van der Waals surface area contributed by atoms with E-state index < -0.39 is 10.0 Å². The standard InChI is InChI=1S/C18H34N6O3S.HI/c1-5-13-28(25,26)24-11-8-15(9-12-24)21-18(19-6-2)20-10-7-16-22-17(14(3)4)23-27-16;/h14-15H,5-13H2,1-4H3,(H2,19,20,21);1H. The Bertz CT molecular complexity index is 730. The summed E-state index contributed by atoms with van der Waals surface area (Å²) in [7, 11) is -3.11. The molecule has 0 amide bonds. The van der Waals surface area contributed by atoms with Crippen LogP contribution in [-0.2, 0) is 16.4 Å². The second kappa shape index (κ2) is 12.7. The Kier molecular flexibility index (Phi) is 11.4. The van der Waals surface area contributed by atoms with Crippen LogP contribution in [-0.4, -0.2) is 66.8 Å². The Hall–Kier alpha value is -0.950. The summed E-state index contributed by atoms with van der Waals surface area (Å²) in [5, 5.41) is 10.6.